The third-order valence-electron chi connectivity index (χ3n) is 2.28. The van der Waals surface area contributed by atoms with Crippen LogP contribution in [0.5, 0.6) is 0 Å². The van der Waals surface area contributed by atoms with Crippen molar-refractivity contribution in [1.82, 2.24) is 10.3 Å². The smallest absolute Gasteiger partial charge is 0.208 e. The van der Waals surface area contributed by atoms with Gasteiger partial charge in [-0.3, -0.25) is 10.4 Å². The molecule has 0 aromatic heterocycles. The van der Waals surface area contributed by atoms with E-state index in [9.17, 15) is 0 Å². The van der Waals surface area contributed by atoms with Crippen molar-refractivity contribution in [3.05, 3.63) is 35.9 Å². The van der Waals surface area contributed by atoms with E-state index in [-0.39, 0.29) is 0 Å². The second-order valence-electron chi connectivity index (χ2n) is 3.26. The zero-order valence-corrected chi connectivity index (χ0v) is 7.98. The number of benzene rings is 1. The predicted octanol–water partition coefficient (Wildman–Crippen LogP) is 0.322. The lowest BCUT2D eigenvalue weighted by Gasteiger charge is -2.19. The minimum atomic E-state index is 0.786. The van der Waals surface area contributed by atoms with Gasteiger partial charge < -0.3 is 4.90 Å². The minimum Gasteiger partial charge on any atom is -0.336 e. The fourth-order valence-corrected chi connectivity index (χ4v) is 1.58. The van der Waals surface area contributed by atoms with Crippen molar-refractivity contribution in [2.75, 3.05) is 13.1 Å². The summed E-state index contributed by atoms with van der Waals surface area (Å²) in [6, 6.07) is 10.3. The van der Waals surface area contributed by atoms with Crippen molar-refractivity contribution in [3.8, 4) is 0 Å². The first-order chi connectivity index (χ1) is 6.90. The van der Waals surface area contributed by atoms with Crippen molar-refractivity contribution < 1.29 is 0 Å². The van der Waals surface area contributed by atoms with Crippen molar-refractivity contribution in [3.63, 3.8) is 0 Å². The molecule has 1 aromatic rings. The van der Waals surface area contributed by atoms with E-state index in [0.717, 1.165) is 25.6 Å². The van der Waals surface area contributed by atoms with Gasteiger partial charge in [0.15, 0.2) is 0 Å². The Kier molecular flexibility index (Phi) is 2.65. The quantitative estimate of drug-likeness (QED) is 0.521. The topological polar surface area (TPSA) is 53.6 Å². The molecule has 0 aliphatic carbocycles. The highest BCUT2D eigenvalue weighted by Crippen LogP contribution is 2.07. The summed E-state index contributed by atoms with van der Waals surface area (Å²) >= 11 is 0. The molecule has 0 bridgehead atoms. The number of hydrogen-bond donors (Lipinski definition) is 2. The predicted molar refractivity (Wildman–Crippen MR) is 56.5 cm³/mol. The summed E-state index contributed by atoms with van der Waals surface area (Å²) in [4.78, 5) is 6.37. The minimum absolute atomic E-state index is 0.786. The van der Waals surface area contributed by atoms with Crippen molar-refractivity contribution in [2.24, 2.45) is 10.8 Å². The van der Waals surface area contributed by atoms with Gasteiger partial charge in [0.25, 0.3) is 0 Å². The summed E-state index contributed by atoms with van der Waals surface area (Å²) in [6.45, 7) is 2.63. The fourth-order valence-electron chi connectivity index (χ4n) is 1.58. The lowest BCUT2D eigenvalue weighted by Crippen LogP contribution is -2.41. The highest BCUT2D eigenvalue weighted by atomic mass is 15.4. The standard InChI is InChI=1S/C10H14N4/c11-13-10-12-6-7-14(10)8-9-4-2-1-3-5-9/h1-5H,6-8,11H2,(H,12,13). The zero-order valence-electron chi connectivity index (χ0n) is 7.98. The third-order valence-corrected chi connectivity index (χ3v) is 2.28. The van der Waals surface area contributed by atoms with Crippen LogP contribution in [0.2, 0.25) is 0 Å². The number of rotatable bonds is 2. The lowest BCUT2D eigenvalue weighted by atomic mass is 10.2. The molecular formula is C10H14N4. The van der Waals surface area contributed by atoms with E-state index in [4.69, 9.17) is 5.84 Å². The van der Waals surface area contributed by atoms with Gasteiger partial charge in [-0.15, -0.1) is 0 Å². The van der Waals surface area contributed by atoms with E-state index in [1.807, 2.05) is 18.2 Å². The molecule has 74 valence electrons. The Morgan fingerprint density at radius 3 is 2.86 bits per heavy atom. The maximum atomic E-state index is 5.36. The number of hydrogen-bond acceptors (Lipinski definition) is 4. The first kappa shape index (κ1) is 9.02. The van der Waals surface area contributed by atoms with Crippen LogP contribution in [0.25, 0.3) is 0 Å². The van der Waals surface area contributed by atoms with E-state index in [0.29, 0.717) is 0 Å². The zero-order chi connectivity index (χ0) is 9.80. The number of aliphatic imine (C=N–C) groups is 1. The number of hydrazine groups is 1. The Morgan fingerprint density at radius 2 is 2.14 bits per heavy atom. The van der Waals surface area contributed by atoms with Gasteiger partial charge in [-0.05, 0) is 5.56 Å². The average molecular weight is 190 g/mol. The van der Waals surface area contributed by atoms with E-state index in [2.05, 4.69) is 27.5 Å². The Balaban J connectivity index is 2.02. The van der Waals surface area contributed by atoms with Crippen LogP contribution in [-0.2, 0) is 6.54 Å². The molecule has 0 radical (unpaired) electrons. The Morgan fingerprint density at radius 1 is 1.36 bits per heavy atom. The second-order valence-corrected chi connectivity index (χ2v) is 3.26. The van der Waals surface area contributed by atoms with Crippen LogP contribution in [0.3, 0.4) is 0 Å². The molecule has 0 atom stereocenters. The maximum absolute atomic E-state index is 5.36. The van der Waals surface area contributed by atoms with Crippen LogP contribution >= 0.6 is 0 Å². The third kappa shape index (κ3) is 1.85. The average Bonchev–Trinajstić information content (AvgIpc) is 2.67. The molecule has 14 heavy (non-hydrogen) atoms. The number of guanidine groups is 1. The van der Waals surface area contributed by atoms with Gasteiger partial charge in [-0.2, -0.15) is 0 Å². The molecule has 2 rings (SSSR count). The summed E-state index contributed by atoms with van der Waals surface area (Å²) in [5.74, 6) is 6.14. The van der Waals surface area contributed by atoms with Gasteiger partial charge in [0, 0.05) is 13.1 Å². The van der Waals surface area contributed by atoms with Gasteiger partial charge in [0.2, 0.25) is 5.96 Å². The maximum Gasteiger partial charge on any atom is 0.208 e. The molecule has 0 fully saturated rings. The van der Waals surface area contributed by atoms with Crippen LogP contribution < -0.4 is 11.3 Å². The Hall–Kier alpha value is -1.55. The molecule has 1 aromatic carbocycles. The molecule has 0 saturated heterocycles. The van der Waals surface area contributed by atoms with Crippen LogP contribution in [0.4, 0.5) is 0 Å². The van der Waals surface area contributed by atoms with Gasteiger partial charge in [-0.1, -0.05) is 30.3 Å². The summed E-state index contributed by atoms with van der Waals surface area (Å²) in [5, 5.41) is 0. The SMILES string of the molecule is NNC1=NCCN1Cc1ccccc1. The van der Waals surface area contributed by atoms with Crippen LogP contribution in [0.15, 0.2) is 35.3 Å². The molecule has 1 heterocycles. The summed E-state index contributed by atoms with van der Waals surface area (Å²) < 4.78 is 0. The molecule has 4 heteroatoms. The molecule has 0 saturated carbocycles. The van der Waals surface area contributed by atoms with Gasteiger partial charge >= 0.3 is 0 Å². The first-order valence-electron chi connectivity index (χ1n) is 4.70. The second kappa shape index (κ2) is 4.11. The molecular weight excluding hydrogens is 176 g/mol. The number of nitrogens with one attached hydrogen (secondary N) is 1. The first-order valence-corrected chi connectivity index (χ1v) is 4.70. The van der Waals surface area contributed by atoms with E-state index >= 15 is 0 Å². The van der Waals surface area contributed by atoms with E-state index in [1.54, 1.807) is 0 Å². The van der Waals surface area contributed by atoms with Crippen LogP contribution in [0.1, 0.15) is 5.56 Å². The van der Waals surface area contributed by atoms with Crippen molar-refractivity contribution >= 4 is 5.96 Å². The van der Waals surface area contributed by atoms with Crippen molar-refractivity contribution in [1.29, 1.82) is 0 Å². The monoisotopic (exact) mass is 190 g/mol. The number of nitrogens with two attached hydrogens (primary N) is 1. The lowest BCUT2D eigenvalue weighted by molar-refractivity contribution is 0.438. The van der Waals surface area contributed by atoms with E-state index < -0.39 is 0 Å². The molecule has 4 nitrogen and oxygen atoms in total. The van der Waals surface area contributed by atoms with Gasteiger partial charge in [-0.25, -0.2) is 5.84 Å². The number of nitrogens with zero attached hydrogens (tertiary/aromatic N) is 2. The Labute approximate surface area is 83.4 Å². The summed E-state index contributed by atoms with van der Waals surface area (Å²) in [5.41, 5.74) is 3.89. The summed E-state index contributed by atoms with van der Waals surface area (Å²) in [6.07, 6.45) is 0. The Bertz CT molecular complexity index is 320. The van der Waals surface area contributed by atoms with Gasteiger partial charge in [0.1, 0.15) is 0 Å². The molecule has 0 unspecified atom stereocenters. The van der Waals surface area contributed by atoms with Crippen LogP contribution in [0, 0.1) is 0 Å². The fraction of sp³-hybridized carbons (Fsp3) is 0.300. The van der Waals surface area contributed by atoms with E-state index in [1.165, 1.54) is 5.56 Å². The molecule has 1 aliphatic rings. The largest absolute Gasteiger partial charge is 0.336 e. The highest BCUT2D eigenvalue weighted by molar-refractivity contribution is 5.80. The van der Waals surface area contributed by atoms with Gasteiger partial charge in [0.05, 0.1) is 6.54 Å². The summed E-state index contributed by atoms with van der Waals surface area (Å²) in [7, 11) is 0. The molecule has 0 spiro atoms. The highest BCUT2D eigenvalue weighted by Gasteiger charge is 2.15. The molecule has 1 aliphatic heterocycles. The normalized spacial score (nSPS) is 15.5. The molecule has 3 N–H and O–H groups in total. The molecule has 0 amide bonds. The van der Waals surface area contributed by atoms with Crippen LogP contribution in [-0.4, -0.2) is 23.9 Å². The van der Waals surface area contributed by atoms with Crippen molar-refractivity contribution in [2.45, 2.75) is 6.54 Å².